The van der Waals surface area contributed by atoms with Gasteiger partial charge in [0.1, 0.15) is 12.4 Å². The Morgan fingerprint density at radius 2 is 1.76 bits per heavy atom. The highest BCUT2D eigenvalue weighted by molar-refractivity contribution is 5.95. The van der Waals surface area contributed by atoms with Crippen molar-refractivity contribution in [2.45, 2.75) is 50.7 Å². The number of likely N-dealkylation sites (N-methyl/N-ethyl adjacent to an activating group) is 1. The third kappa shape index (κ3) is 4.03. The molecule has 33 heavy (non-hydrogen) atoms. The Balaban J connectivity index is 1.56. The number of carbonyl (C=O) groups is 1. The van der Waals surface area contributed by atoms with Crippen LogP contribution in [0.3, 0.4) is 0 Å². The van der Waals surface area contributed by atoms with Crippen LogP contribution in [-0.2, 0) is 25.0 Å². The molecule has 1 saturated carbocycles. The molecule has 7 nitrogen and oxygen atoms in total. The number of carbonyl (C=O) groups excluding carboxylic acids is 1. The molecule has 1 fully saturated rings. The van der Waals surface area contributed by atoms with Gasteiger partial charge in [-0.05, 0) is 30.5 Å². The third-order valence-electron chi connectivity index (χ3n) is 6.92. The molecule has 0 bridgehead atoms. The third-order valence-corrected chi connectivity index (χ3v) is 6.92. The first-order valence-electron chi connectivity index (χ1n) is 11.5. The van der Waals surface area contributed by atoms with E-state index in [-0.39, 0.29) is 23.7 Å². The van der Waals surface area contributed by atoms with Gasteiger partial charge in [0.05, 0.1) is 0 Å². The van der Waals surface area contributed by atoms with Gasteiger partial charge in [-0.15, -0.1) is 0 Å². The van der Waals surface area contributed by atoms with Crippen molar-refractivity contribution in [2.75, 3.05) is 13.6 Å². The van der Waals surface area contributed by atoms with Gasteiger partial charge < -0.3 is 14.2 Å². The van der Waals surface area contributed by atoms with Crippen LogP contribution in [0.15, 0.2) is 59.5 Å². The van der Waals surface area contributed by atoms with Crippen LogP contribution in [0.2, 0.25) is 0 Å². The average Bonchev–Trinajstić information content (AvgIpc) is 3.32. The van der Waals surface area contributed by atoms with Crippen molar-refractivity contribution in [2.24, 2.45) is 0 Å². The summed E-state index contributed by atoms with van der Waals surface area (Å²) in [5.41, 5.74) is 1.63. The van der Waals surface area contributed by atoms with Crippen LogP contribution in [0.25, 0.3) is 0 Å². The second-order valence-corrected chi connectivity index (χ2v) is 9.04. The number of ether oxygens (including phenoxy) is 1. The Morgan fingerprint density at radius 1 is 1.00 bits per heavy atom. The molecule has 170 valence electrons. The maximum atomic E-state index is 13.2. The number of hydrogen-bond donors (Lipinski definition) is 0. The van der Waals surface area contributed by atoms with E-state index >= 15 is 0 Å². The van der Waals surface area contributed by atoms with E-state index in [1.807, 2.05) is 53.2 Å². The molecule has 0 unspecified atom stereocenters. The van der Waals surface area contributed by atoms with E-state index in [2.05, 4.69) is 16.0 Å². The number of nitrogens with zero attached hydrogens (tertiary/aromatic N) is 4. The van der Waals surface area contributed by atoms with Gasteiger partial charge in [-0.3, -0.25) is 14.6 Å². The Hall–Kier alpha value is -3.48. The van der Waals surface area contributed by atoms with Crippen molar-refractivity contribution in [3.63, 3.8) is 0 Å². The SMILES string of the molecule is CN1CCn2c(CC3(c4ccccn4)CCCC3)nc(=O)c(OCc3ccccc3)c2C1=O. The first kappa shape index (κ1) is 21.4. The van der Waals surface area contributed by atoms with Crippen LogP contribution >= 0.6 is 0 Å². The first-order chi connectivity index (χ1) is 16.1. The molecule has 5 rings (SSSR count). The summed E-state index contributed by atoms with van der Waals surface area (Å²) >= 11 is 0. The normalized spacial score (nSPS) is 17.1. The molecule has 0 saturated heterocycles. The van der Waals surface area contributed by atoms with Gasteiger partial charge in [0, 0.05) is 43.9 Å². The molecule has 1 amide bonds. The molecule has 0 radical (unpaired) electrons. The molecule has 1 aliphatic heterocycles. The van der Waals surface area contributed by atoms with Crippen LogP contribution in [0.1, 0.15) is 53.3 Å². The molecule has 1 aliphatic carbocycles. The van der Waals surface area contributed by atoms with Crippen LogP contribution < -0.4 is 10.3 Å². The summed E-state index contributed by atoms with van der Waals surface area (Å²) in [6.07, 6.45) is 6.64. The molecule has 1 aromatic carbocycles. The van der Waals surface area contributed by atoms with E-state index in [4.69, 9.17) is 4.74 Å². The van der Waals surface area contributed by atoms with Crippen molar-refractivity contribution in [3.05, 3.63) is 87.9 Å². The molecular weight excluding hydrogens is 416 g/mol. The van der Waals surface area contributed by atoms with Crippen molar-refractivity contribution >= 4 is 5.91 Å². The fraction of sp³-hybridized carbons (Fsp3) is 0.385. The van der Waals surface area contributed by atoms with Gasteiger partial charge in [-0.25, -0.2) is 0 Å². The van der Waals surface area contributed by atoms with E-state index in [9.17, 15) is 9.59 Å². The Bertz CT molecular complexity index is 1200. The van der Waals surface area contributed by atoms with Gasteiger partial charge in [0.15, 0.2) is 5.69 Å². The average molecular weight is 445 g/mol. The van der Waals surface area contributed by atoms with E-state index in [0.29, 0.717) is 31.0 Å². The van der Waals surface area contributed by atoms with Crippen molar-refractivity contribution in [3.8, 4) is 5.75 Å². The fourth-order valence-corrected chi connectivity index (χ4v) is 5.12. The second kappa shape index (κ2) is 8.81. The monoisotopic (exact) mass is 444 g/mol. The number of pyridine rings is 1. The van der Waals surface area contributed by atoms with Gasteiger partial charge in [-0.1, -0.05) is 49.2 Å². The summed E-state index contributed by atoms with van der Waals surface area (Å²) in [6.45, 7) is 1.36. The van der Waals surface area contributed by atoms with Gasteiger partial charge >= 0.3 is 5.56 Å². The molecule has 0 N–H and O–H groups in total. The minimum atomic E-state index is -0.481. The number of rotatable bonds is 6. The lowest BCUT2D eigenvalue weighted by molar-refractivity contribution is 0.0734. The highest BCUT2D eigenvalue weighted by Gasteiger charge is 2.40. The lowest BCUT2D eigenvalue weighted by atomic mass is 9.78. The maximum Gasteiger partial charge on any atom is 0.316 e. The molecule has 2 aliphatic rings. The van der Waals surface area contributed by atoms with Crippen molar-refractivity contribution in [1.82, 2.24) is 19.4 Å². The number of aromatic nitrogens is 3. The predicted molar refractivity (Wildman–Crippen MR) is 124 cm³/mol. The Kier molecular flexibility index (Phi) is 5.70. The molecular formula is C26H28N4O3. The molecule has 3 heterocycles. The summed E-state index contributed by atoms with van der Waals surface area (Å²) in [6, 6.07) is 15.6. The van der Waals surface area contributed by atoms with Crippen LogP contribution in [-0.4, -0.2) is 38.9 Å². The number of benzene rings is 1. The quantitative estimate of drug-likeness (QED) is 0.583. The van der Waals surface area contributed by atoms with Crippen molar-refractivity contribution < 1.29 is 9.53 Å². The number of hydrogen-bond acceptors (Lipinski definition) is 5. The minimum absolute atomic E-state index is 0.0393. The van der Waals surface area contributed by atoms with Crippen LogP contribution in [0.4, 0.5) is 0 Å². The highest BCUT2D eigenvalue weighted by Crippen LogP contribution is 2.42. The predicted octanol–water partition coefficient (Wildman–Crippen LogP) is 3.36. The van der Waals surface area contributed by atoms with E-state index in [1.165, 1.54) is 0 Å². The van der Waals surface area contributed by atoms with Gasteiger partial charge in [-0.2, -0.15) is 4.98 Å². The number of amides is 1. The summed E-state index contributed by atoms with van der Waals surface area (Å²) in [5, 5.41) is 0. The fourth-order valence-electron chi connectivity index (χ4n) is 5.12. The lowest BCUT2D eigenvalue weighted by Crippen LogP contribution is -2.42. The zero-order chi connectivity index (χ0) is 22.8. The summed E-state index contributed by atoms with van der Waals surface area (Å²) in [7, 11) is 1.75. The summed E-state index contributed by atoms with van der Waals surface area (Å²) in [5.74, 6) is 0.483. The van der Waals surface area contributed by atoms with Crippen LogP contribution in [0.5, 0.6) is 5.75 Å². The topological polar surface area (TPSA) is 77.3 Å². The zero-order valence-electron chi connectivity index (χ0n) is 18.9. The zero-order valence-corrected chi connectivity index (χ0v) is 18.9. The molecule has 7 heteroatoms. The Labute approximate surface area is 193 Å². The standard InChI is InChI=1S/C26H28N4O3/c1-29-15-16-30-21(17-26(12-6-7-13-26)20-11-5-8-14-27-20)28-24(31)23(22(30)25(29)32)33-18-19-9-3-2-4-10-19/h2-5,8-11,14H,6-7,12-13,15-18H2,1H3. The van der Waals surface area contributed by atoms with Gasteiger partial charge in [0.2, 0.25) is 5.75 Å². The minimum Gasteiger partial charge on any atom is -0.481 e. The Morgan fingerprint density at radius 3 is 2.48 bits per heavy atom. The maximum absolute atomic E-state index is 13.2. The molecule has 0 spiro atoms. The molecule has 2 aromatic heterocycles. The molecule has 0 atom stereocenters. The van der Waals surface area contributed by atoms with E-state index in [0.717, 1.165) is 36.9 Å². The highest BCUT2D eigenvalue weighted by atomic mass is 16.5. The first-order valence-corrected chi connectivity index (χ1v) is 11.5. The second-order valence-electron chi connectivity index (χ2n) is 9.04. The number of fused-ring (bicyclic) bond motifs is 1. The largest absolute Gasteiger partial charge is 0.481 e. The van der Waals surface area contributed by atoms with Crippen molar-refractivity contribution in [1.29, 1.82) is 0 Å². The summed E-state index contributed by atoms with van der Waals surface area (Å²) in [4.78, 5) is 37.1. The smallest absolute Gasteiger partial charge is 0.316 e. The van der Waals surface area contributed by atoms with E-state index in [1.54, 1.807) is 11.9 Å². The molecule has 3 aromatic rings. The van der Waals surface area contributed by atoms with Crippen LogP contribution in [0, 0.1) is 0 Å². The lowest BCUT2D eigenvalue weighted by Gasteiger charge is -2.33. The summed E-state index contributed by atoms with van der Waals surface area (Å²) < 4.78 is 7.83. The van der Waals surface area contributed by atoms with Gasteiger partial charge in [0.25, 0.3) is 5.91 Å². The van der Waals surface area contributed by atoms with E-state index < -0.39 is 5.56 Å².